The van der Waals surface area contributed by atoms with Crippen molar-refractivity contribution in [3.63, 3.8) is 0 Å². The molecule has 0 saturated heterocycles. The summed E-state index contributed by atoms with van der Waals surface area (Å²) < 4.78 is 37.4. The molecule has 1 nitrogen and oxygen atoms in total. The standard InChI is InChI=1S/C9H9BrF3N/c10-7-2-1-5(11)3-6(7)8(14)4-9(12)13/h1-3,8-9H,4,14H2/t8-/m1/s1. The van der Waals surface area contributed by atoms with E-state index in [0.29, 0.717) is 10.0 Å². The van der Waals surface area contributed by atoms with Crippen LogP contribution in [0.15, 0.2) is 22.7 Å². The van der Waals surface area contributed by atoms with Gasteiger partial charge in [0.15, 0.2) is 0 Å². The van der Waals surface area contributed by atoms with Gasteiger partial charge in [-0.2, -0.15) is 0 Å². The van der Waals surface area contributed by atoms with Gasteiger partial charge >= 0.3 is 0 Å². The molecule has 0 aromatic heterocycles. The highest BCUT2D eigenvalue weighted by Crippen LogP contribution is 2.26. The molecule has 1 aromatic rings. The van der Waals surface area contributed by atoms with Crippen molar-refractivity contribution in [3.8, 4) is 0 Å². The first kappa shape index (κ1) is 11.5. The summed E-state index contributed by atoms with van der Waals surface area (Å²) in [6.07, 6.45) is -2.96. The number of alkyl halides is 2. The van der Waals surface area contributed by atoms with Gasteiger partial charge in [0.05, 0.1) is 0 Å². The van der Waals surface area contributed by atoms with E-state index in [2.05, 4.69) is 15.9 Å². The van der Waals surface area contributed by atoms with Crippen molar-refractivity contribution in [2.45, 2.75) is 18.9 Å². The third kappa shape index (κ3) is 2.99. The maximum Gasteiger partial charge on any atom is 0.240 e. The minimum atomic E-state index is -2.49. The van der Waals surface area contributed by atoms with Crippen molar-refractivity contribution >= 4 is 15.9 Å². The van der Waals surface area contributed by atoms with E-state index in [1.807, 2.05) is 0 Å². The van der Waals surface area contributed by atoms with Crippen molar-refractivity contribution in [2.75, 3.05) is 0 Å². The molecule has 0 aliphatic carbocycles. The molecule has 1 rings (SSSR count). The predicted octanol–water partition coefficient (Wildman–Crippen LogP) is 3.24. The Morgan fingerprint density at radius 3 is 2.57 bits per heavy atom. The Morgan fingerprint density at radius 2 is 2.00 bits per heavy atom. The lowest BCUT2D eigenvalue weighted by molar-refractivity contribution is 0.128. The molecule has 78 valence electrons. The van der Waals surface area contributed by atoms with Crippen LogP contribution in [0.3, 0.4) is 0 Å². The topological polar surface area (TPSA) is 26.0 Å². The van der Waals surface area contributed by atoms with Gasteiger partial charge in [0.1, 0.15) is 5.82 Å². The first-order valence-electron chi connectivity index (χ1n) is 3.99. The van der Waals surface area contributed by atoms with Gasteiger partial charge in [-0.15, -0.1) is 0 Å². The molecule has 2 N–H and O–H groups in total. The van der Waals surface area contributed by atoms with Crippen LogP contribution >= 0.6 is 15.9 Å². The van der Waals surface area contributed by atoms with Crippen LogP contribution in [0.25, 0.3) is 0 Å². The average molecular weight is 268 g/mol. The highest BCUT2D eigenvalue weighted by Gasteiger charge is 2.15. The van der Waals surface area contributed by atoms with Gasteiger partial charge in [0.25, 0.3) is 0 Å². The number of benzene rings is 1. The number of rotatable bonds is 3. The van der Waals surface area contributed by atoms with Crippen molar-refractivity contribution in [3.05, 3.63) is 34.1 Å². The summed E-state index contributed by atoms with van der Waals surface area (Å²) in [5.74, 6) is -0.479. The normalized spacial score (nSPS) is 13.3. The summed E-state index contributed by atoms with van der Waals surface area (Å²) >= 11 is 3.13. The van der Waals surface area contributed by atoms with Crippen molar-refractivity contribution in [1.29, 1.82) is 0 Å². The summed E-state index contributed by atoms with van der Waals surface area (Å²) in [5, 5.41) is 0. The van der Waals surface area contributed by atoms with E-state index in [9.17, 15) is 13.2 Å². The zero-order chi connectivity index (χ0) is 10.7. The van der Waals surface area contributed by atoms with Crippen LogP contribution < -0.4 is 5.73 Å². The number of hydrogen-bond donors (Lipinski definition) is 1. The van der Waals surface area contributed by atoms with Gasteiger partial charge in [-0.3, -0.25) is 0 Å². The van der Waals surface area contributed by atoms with Crippen molar-refractivity contribution < 1.29 is 13.2 Å². The second-order valence-corrected chi connectivity index (χ2v) is 3.75. The van der Waals surface area contributed by atoms with Gasteiger partial charge in [-0.1, -0.05) is 15.9 Å². The Morgan fingerprint density at radius 1 is 1.36 bits per heavy atom. The molecule has 0 aliphatic heterocycles. The molecule has 1 aromatic carbocycles. The summed E-state index contributed by atoms with van der Waals surface area (Å²) in [7, 11) is 0. The molecule has 0 bridgehead atoms. The van der Waals surface area contributed by atoms with Gasteiger partial charge in [0.2, 0.25) is 6.43 Å². The molecular weight excluding hydrogens is 259 g/mol. The molecule has 0 radical (unpaired) electrons. The maximum atomic E-state index is 12.8. The first-order chi connectivity index (χ1) is 6.50. The summed E-state index contributed by atoms with van der Waals surface area (Å²) in [5.41, 5.74) is 5.86. The molecule has 0 saturated carbocycles. The molecule has 1 atom stereocenters. The SMILES string of the molecule is N[C@H](CC(F)F)c1cc(F)ccc1Br. The highest BCUT2D eigenvalue weighted by atomic mass is 79.9. The van der Waals surface area contributed by atoms with E-state index in [1.165, 1.54) is 12.1 Å². The Labute approximate surface area is 88.2 Å². The van der Waals surface area contributed by atoms with E-state index in [1.54, 1.807) is 0 Å². The molecule has 0 heterocycles. The van der Waals surface area contributed by atoms with Crippen LogP contribution in [-0.4, -0.2) is 6.43 Å². The molecule has 0 fully saturated rings. The molecule has 0 spiro atoms. The van der Waals surface area contributed by atoms with Crippen LogP contribution in [0, 0.1) is 5.82 Å². The van der Waals surface area contributed by atoms with Gasteiger partial charge in [0, 0.05) is 16.9 Å². The molecule has 5 heteroatoms. The molecule has 14 heavy (non-hydrogen) atoms. The fraction of sp³-hybridized carbons (Fsp3) is 0.333. The van der Waals surface area contributed by atoms with Crippen LogP contribution in [0.1, 0.15) is 18.0 Å². The van der Waals surface area contributed by atoms with E-state index in [4.69, 9.17) is 5.73 Å². The fourth-order valence-corrected chi connectivity index (χ4v) is 1.66. The Bertz CT molecular complexity index is 317. The van der Waals surface area contributed by atoms with Crippen LogP contribution in [0.2, 0.25) is 0 Å². The van der Waals surface area contributed by atoms with E-state index < -0.39 is 24.7 Å². The average Bonchev–Trinajstić information content (AvgIpc) is 2.08. The smallest absolute Gasteiger partial charge is 0.240 e. The predicted molar refractivity (Wildman–Crippen MR) is 51.6 cm³/mol. The Hall–Kier alpha value is -0.550. The quantitative estimate of drug-likeness (QED) is 0.894. The van der Waals surface area contributed by atoms with Crippen molar-refractivity contribution in [1.82, 2.24) is 0 Å². The zero-order valence-corrected chi connectivity index (χ0v) is 8.77. The van der Waals surface area contributed by atoms with Gasteiger partial charge in [-0.25, -0.2) is 13.2 Å². The van der Waals surface area contributed by atoms with Crippen molar-refractivity contribution in [2.24, 2.45) is 5.73 Å². The largest absolute Gasteiger partial charge is 0.324 e. The Balaban J connectivity index is 2.88. The Kier molecular flexibility index (Phi) is 3.95. The lowest BCUT2D eigenvalue weighted by Gasteiger charge is -2.13. The fourth-order valence-electron chi connectivity index (χ4n) is 1.12. The maximum absolute atomic E-state index is 12.8. The van der Waals surface area contributed by atoms with Gasteiger partial charge < -0.3 is 5.73 Å². The first-order valence-corrected chi connectivity index (χ1v) is 4.78. The molecule has 0 aliphatic rings. The number of nitrogens with two attached hydrogens (primary N) is 1. The van der Waals surface area contributed by atoms with Crippen LogP contribution in [0.5, 0.6) is 0 Å². The summed E-state index contributed by atoms with van der Waals surface area (Å²) in [6.45, 7) is 0. The molecule has 0 unspecified atom stereocenters. The van der Waals surface area contributed by atoms with Crippen LogP contribution in [-0.2, 0) is 0 Å². The number of halogens is 4. The second-order valence-electron chi connectivity index (χ2n) is 2.90. The van der Waals surface area contributed by atoms with E-state index in [0.717, 1.165) is 6.07 Å². The summed E-state index contributed by atoms with van der Waals surface area (Å²) in [4.78, 5) is 0. The zero-order valence-electron chi connectivity index (χ0n) is 7.18. The lowest BCUT2D eigenvalue weighted by Crippen LogP contribution is -2.14. The molecular formula is C9H9BrF3N. The third-order valence-electron chi connectivity index (χ3n) is 1.79. The van der Waals surface area contributed by atoms with E-state index in [-0.39, 0.29) is 0 Å². The minimum absolute atomic E-state index is 0.366. The van der Waals surface area contributed by atoms with Crippen LogP contribution in [0.4, 0.5) is 13.2 Å². The highest BCUT2D eigenvalue weighted by molar-refractivity contribution is 9.10. The molecule has 0 amide bonds. The lowest BCUT2D eigenvalue weighted by atomic mass is 10.1. The monoisotopic (exact) mass is 267 g/mol. The van der Waals surface area contributed by atoms with Gasteiger partial charge in [-0.05, 0) is 23.8 Å². The third-order valence-corrected chi connectivity index (χ3v) is 2.51. The summed E-state index contributed by atoms with van der Waals surface area (Å²) in [6, 6.07) is 3.01. The number of hydrogen-bond acceptors (Lipinski definition) is 1. The van der Waals surface area contributed by atoms with E-state index >= 15 is 0 Å². The second kappa shape index (κ2) is 4.79. The minimum Gasteiger partial charge on any atom is -0.324 e.